The summed E-state index contributed by atoms with van der Waals surface area (Å²) < 4.78 is 10.3. The first-order valence-electron chi connectivity index (χ1n) is 2.91. The Morgan fingerprint density at radius 3 is 2.50 bits per heavy atom. The molecule has 2 atom stereocenters. The fourth-order valence-electron chi connectivity index (χ4n) is 0.443. The van der Waals surface area contributed by atoms with E-state index in [9.17, 15) is 9.36 Å². The molecule has 0 rings (SSSR count). The fraction of sp³-hybridized carbons (Fsp3) is 0.800. The highest BCUT2D eigenvalue weighted by Crippen LogP contribution is 2.25. The van der Waals surface area contributed by atoms with E-state index in [1.165, 1.54) is 0 Å². The highest BCUT2D eigenvalue weighted by atomic mass is 31.1. The molecule has 0 aliphatic carbocycles. The van der Waals surface area contributed by atoms with Crippen LogP contribution >= 0.6 is 8.03 Å². The molecular formula is C5H10O4P+. The van der Waals surface area contributed by atoms with Gasteiger partial charge in [-0.3, -0.25) is 4.79 Å². The second kappa shape index (κ2) is 4.36. The van der Waals surface area contributed by atoms with Crippen LogP contribution in [-0.2, 0) is 9.36 Å². The molecule has 0 heterocycles. The van der Waals surface area contributed by atoms with Crippen molar-refractivity contribution in [1.82, 2.24) is 0 Å². The third-order valence-corrected chi connectivity index (χ3v) is 2.17. The zero-order valence-corrected chi connectivity index (χ0v) is 6.54. The molecule has 0 aromatic rings. The summed E-state index contributed by atoms with van der Waals surface area (Å²) >= 11 is 0. The molecule has 0 aromatic carbocycles. The van der Waals surface area contributed by atoms with Crippen LogP contribution < -0.4 is 0 Å². The average molecular weight is 165 g/mol. The third kappa shape index (κ3) is 4.41. The Bertz CT molecular complexity index is 145. The van der Waals surface area contributed by atoms with Crippen LogP contribution in [0.25, 0.3) is 0 Å². The van der Waals surface area contributed by atoms with Crippen molar-refractivity contribution in [2.75, 3.05) is 0 Å². The molecular weight excluding hydrogens is 155 g/mol. The van der Waals surface area contributed by atoms with Crippen molar-refractivity contribution in [3.8, 4) is 0 Å². The molecule has 0 saturated heterocycles. The Morgan fingerprint density at radius 2 is 2.20 bits per heavy atom. The minimum Gasteiger partial charge on any atom is -0.481 e. The molecule has 2 N–H and O–H groups in total. The highest BCUT2D eigenvalue weighted by Gasteiger charge is 2.23. The number of rotatable bonds is 4. The Hall–Kier alpha value is -0.470. The summed E-state index contributed by atoms with van der Waals surface area (Å²) in [6, 6.07) is 0. The summed E-state index contributed by atoms with van der Waals surface area (Å²) in [5.74, 6) is -0.927. The molecule has 0 amide bonds. The van der Waals surface area contributed by atoms with E-state index in [1.54, 1.807) is 6.92 Å². The van der Waals surface area contributed by atoms with Crippen molar-refractivity contribution < 1.29 is 19.4 Å². The predicted octanol–water partition coefficient (Wildman–Crippen LogP) is 0.974. The smallest absolute Gasteiger partial charge is 0.481 e. The van der Waals surface area contributed by atoms with Gasteiger partial charge in [-0.15, -0.1) is 0 Å². The van der Waals surface area contributed by atoms with Crippen LogP contribution in [0.3, 0.4) is 0 Å². The Kier molecular flexibility index (Phi) is 4.16. The van der Waals surface area contributed by atoms with Crippen molar-refractivity contribution in [2.45, 2.75) is 25.4 Å². The van der Waals surface area contributed by atoms with E-state index in [4.69, 9.17) is 10.00 Å². The van der Waals surface area contributed by atoms with Crippen LogP contribution in [0, 0.1) is 0 Å². The van der Waals surface area contributed by atoms with Gasteiger partial charge in [0.15, 0.2) is 5.66 Å². The van der Waals surface area contributed by atoms with Crippen molar-refractivity contribution in [3.05, 3.63) is 0 Å². The molecule has 4 nitrogen and oxygen atoms in total. The van der Waals surface area contributed by atoms with Crippen molar-refractivity contribution in [3.63, 3.8) is 0 Å². The predicted molar refractivity (Wildman–Crippen MR) is 36.2 cm³/mol. The van der Waals surface area contributed by atoms with Crippen molar-refractivity contribution >= 4 is 14.0 Å². The average Bonchev–Trinajstić information content (AvgIpc) is 1.82. The minimum absolute atomic E-state index is 0.0389. The summed E-state index contributed by atoms with van der Waals surface area (Å²) in [6.45, 7) is 1.56. The largest absolute Gasteiger partial charge is 0.508 e. The summed E-state index contributed by atoms with van der Waals surface area (Å²) in [5.41, 5.74) is -0.411. The molecule has 2 unspecified atom stereocenters. The molecule has 0 aliphatic heterocycles. The zero-order valence-electron chi connectivity index (χ0n) is 5.65. The third-order valence-electron chi connectivity index (χ3n) is 1.15. The first-order valence-corrected chi connectivity index (χ1v) is 4.19. The molecule has 0 aromatic heterocycles. The monoisotopic (exact) mass is 165 g/mol. The van der Waals surface area contributed by atoms with Crippen LogP contribution in [0.5, 0.6) is 0 Å². The first kappa shape index (κ1) is 9.53. The van der Waals surface area contributed by atoms with Gasteiger partial charge in [-0.2, -0.15) is 4.89 Å². The van der Waals surface area contributed by atoms with Crippen LogP contribution in [0.15, 0.2) is 0 Å². The van der Waals surface area contributed by atoms with Gasteiger partial charge in [-0.05, 0) is 11.5 Å². The number of hydrogen-bond acceptors (Lipinski definition) is 2. The fourth-order valence-corrected chi connectivity index (χ4v) is 0.793. The molecule has 0 bridgehead atoms. The van der Waals surface area contributed by atoms with Crippen LogP contribution in [0.4, 0.5) is 0 Å². The van der Waals surface area contributed by atoms with E-state index in [0.29, 0.717) is 0 Å². The van der Waals surface area contributed by atoms with Gasteiger partial charge in [0, 0.05) is 12.8 Å². The summed E-state index contributed by atoms with van der Waals surface area (Å²) in [6.07, 6.45) is 0.226. The van der Waals surface area contributed by atoms with E-state index in [2.05, 4.69) is 0 Å². The van der Waals surface area contributed by atoms with E-state index in [0.717, 1.165) is 0 Å². The van der Waals surface area contributed by atoms with Crippen LogP contribution in [0.1, 0.15) is 19.8 Å². The number of hydrogen-bond donors (Lipinski definition) is 2. The molecule has 0 aliphatic rings. The summed E-state index contributed by atoms with van der Waals surface area (Å²) in [7, 11) is -2.21. The second-order valence-corrected chi connectivity index (χ2v) is 3.57. The lowest BCUT2D eigenvalue weighted by Gasteiger charge is -1.92. The molecule has 10 heavy (non-hydrogen) atoms. The summed E-state index contributed by atoms with van der Waals surface area (Å²) in [4.78, 5) is 18.4. The van der Waals surface area contributed by atoms with E-state index in [-0.39, 0.29) is 12.8 Å². The van der Waals surface area contributed by atoms with Gasteiger partial charge in [-0.25, -0.2) is 0 Å². The number of carbonyl (C=O) groups is 1. The highest BCUT2D eigenvalue weighted by molar-refractivity contribution is 7.38. The lowest BCUT2D eigenvalue weighted by molar-refractivity contribution is -0.137. The minimum atomic E-state index is -2.21. The van der Waals surface area contributed by atoms with Crippen molar-refractivity contribution in [2.24, 2.45) is 0 Å². The standard InChI is InChI=1S/C5H9O4P/c1-4(10(8)9)2-3-5(6)7/h4H,2-3H2,1H3,(H-,6,7,8,9)/p+1. The zero-order chi connectivity index (χ0) is 8.15. The number of carboxylic acid groups (broad SMARTS) is 1. The van der Waals surface area contributed by atoms with Gasteiger partial charge in [0.05, 0.1) is 0 Å². The van der Waals surface area contributed by atoms with Gasteiger partial charge < -0.3 is 5.11 Å². The molecule has 58 valence electrons. The Balaban J connectivity index is 3.49. The lowest BCUT2D eigenvalue weighted by atomic mass is 10.2. The SMILES string of the molecule is CC(CCC(=O)O)[P+](=O)O. The first-order chi connectivity index (χ1) is 4.54. The molecule has 0 saturated carbocycles. The van der Waals surface area contributed by atoms with Gasteiger partial charge in [0.25, 0.3) is 0 Å². The van der Waals surface area contributed by atoms with Crippen LogP contribution in [0.2, 0.25) is 0 Å². The Morgan fingerprint density at radius 1 is 1.70 bits per heavy atom. The lowest BCUT2D eigenvalue weighted by Crippen LogP contribution is -2.01. The van der Waals surface area contributed by atoms with E-state index < -0.39 is 19.7 Å². The van der Waals surface area contributed by atoms with Crippen LogP contribution in [-0.4, -0.2) is 21.6 Å². The quantitative estimate of drug-likeness (QED) is 0.608. The molecule has 5 heteroatoms. The summed E-state index contributed by atoms with van der Waals surface area (Å²) in [5, 5.41) is 8.17. The van der Waals surface area contributed by atoms with Gasteiger partial charge in [0.1, 0.15) is 0 Å². The number of aliphatic carboxylic acids is 1. The maximum Gasteiger partial charge on any atom is 0.508 e. The van der Waals surface area contributed by atoms with Crippen molar-refractivity contribution in [1.29, 1.82) is 0 Å². The topological polar surface area (TPSA) is 74.6 Å². The van der Waals surface area contributed by atoms with Gasteiger partial charge >= 0.3 is 14.0 Å². The second-order valence-electron chi connectivity index (χ2n) is 2.08. The number of carboxylic acids is 1. The molecule has 0 fully saturated rings. The molecule has 0 radical (unpaired) electrons. The normalized spacial score (nSPS) is 14.4. The Labute approximate surface area is 59.7 Å². The van der Waals surface area contributed by atoms with Gasteiger partial charge in [0.2, 0.25) is 0 Å². The van der Waals surface area contributed by atoms with E-state index >= 15 is 0 Å². The van der Waals surface area contributed by atoms with Gasteiger partial charge in [-0.1, -0.05) is 0 Å². The molecule has 0 spiro atoms. The maximum atomic E-state index is 10.3. The van der Waals surface area contributed by atoms with E-state index in [1.807, 2.05) is 0 Å². The maximum absolute atomic E-state index is 10.3.